The zero-order valence-corrected chi connectivity index (χ0v) is 37.3. The number of benzene rings is 7. The first-order valence-electron chi connectivity index (χ1n) is 20.2. The highest BCUT2D eigenvalue weighted by atomic mass is 32.2. The number of aryl methyl sites for hydroxylation is 1. The normalized spacial score (nSPS) is 16.2. The molecule has 0 radical (unpaired) electrons. The molecule has 0 unspecified atom stereocenters. The van der Waals surface area contributed by atoms with E-state index >= 15 is 0 Å². The maximum Gasteiger partial charge on any atom is 0.216 e. The molecular weight excluding hydrogens is 861 g/mol. The Balaban J connectivity index is 1.28. The summed E-state index contributed by atoms with van der Waals surface area (Å²) in [5.74, 6) is 1.37. The molecule has 0 N–H and O–H groups in total. The van der Waals surface area contributed by atoms with Gasteiger partial charge in [-0.2, -0.15) is 4.33 Å². The van der Waals surface area contributed by atoms with Crippen molar-refractivity contribution in [2.45, 2.75) is 73.2 Å². The fraction of sp³-hybridized carbons (Fsp3) is 0.229. The Morgan fingerprint density at radius 2 is 1.41 bits per heavy atom. The summed E-state index contributed by atoms with van der Waals surface area (Å²) in [6.45, 7) is 12.8. The predicted molar refractivity (Wildman–Crippen MR) is 237 cm³/mol. The Morgan fingerprint density at radius 3 is 2.11 bits per heavy atom. The lowest BCUT2D eigenvalue weighted by Gasteiger charge is -2.28. The van der Waals surface area contributed by atoms with Gasteiger partial charge in [0, 0.05) is 50.7 Å². The molecule has 3 aliphatic heterocycles. The van der Waals surface area contributed by atoms with Crippen molar-refractivity contribution >= 4 is 76.4 Å². The molecule has 0 saturated heterocycles. The fourth-order valence-electron chi connectivity index (χ4n) is 10.0. The topological polar surface area (TPSA) is 171 Å². The molecule has 322 valence electrons. The molecular formula is C48H40N2O10S3-2. The number of hydrogen-bond donors (Lipinski definition) is 0. The van der Waals surface area contributed by atoms with Crippen molar-refractivity contribution in [1.82, 2.24) is 4.58 Å². The van der Waals surface area contributed by atoms with E-state index in [-0.39, 0.29) is 9.79 Å². The Labute approximate surface area is 368 Å². The van der Waals surface area contributed by atoms with Crippen molar-refractivity contribution in [1.29, 1.82) is 0 Å². The molecule has 0 amide bonds. The van der Waals surface area contributed by atoms with Crippen LogP contribution in [0, 0.1) is 6.92 Å². The predicted octanol–water partition coefficient (Wildman–Crippen LogP) is 6.71. The SMILES string of the molecule is Cc1ccc(C[N+]2=c3c(c4c(c5ccc(S(=O)(=O)[O-])cc35)=Cc3c(c5c(c6cc7cc(SOO[O-])ccc7cc36)N(Cc3ccc(S(=O)(=O)[O-])cc3)CC5(C)C)O4)C(C)(C)C2)cc1. The summed E-state index contributed by atoms with van der Waals surface area (Å²) in [6, 6.07) is 28.8. The molecule has 0 bridgehead atoms. The van der Waals surface area contributed by atoms with Gasteiger partial charge in [0.25, 0.3) is 0 Å². The molecule has 0 aliphatic carbocycles. The molecule has 63 heavy (non-hydrogen) atoms. The minimum Gasteiger partial charge on any atom is -0.744 e. The van der Waals surface area contributed by atoms with E-state index in [1.807, 2.05) is 25.1 Å². The van der Waals surface area contributed by atoms with Crippen molar-refractivity contribution in [3.05, 3.63) is 141 Å². The van der Waals surface area contributed by atoms with Crippen LogP contribution in [0.1, 0.15) is 61.1 Å². The van der Waals surface area contributed by atoms with Crippen LogP contribution in [0.2, 0.25) is 0 Å². The van der Waals surface area contributed by atoms with Crippen LogP contribution in [0.25, 0.3) is 38.4 Å². The van der Waals surface area contributed by atoms with E-state index in [1.165, 1.54) is 24.3 Å². The third-order valence-corrected chi connectivity index (χ3v) is 14.9. The first-order chi connectivity index (χ1) is 29.8. The summed E-state index contributed by atoms with van der Waals surface area (Å²) in [7, 11) is -9.42. The molecule has 0 fully saturated rings. The van der Waals surface area contributed by atoms with E-state index in [0.717, 1.165) is 88.6 Å². The zero-order chi connectivity index (χ0) is 44.4. The molecule has 12 nitrogen and oxygen atoms in total. The van der Waals surface area contributed by atoms with Crippen molar-refractivity contribution in [2.24, 2.45) is 0 Å². The summed E-state index contributed by atoms with van der Waals surface area (Å²) in [5.41, 5.74) is 5.75. The summed E-state index contributed by atoms with van der Waals surface area (Å²) in [4.78, 5) is 2.31. The summed E-state index contributed by atoms with van der Waals surface area (Å²) >= 11 is 0.803. The van der Waals surface area contributed by atoms with Crippen LogP contribution in [-0.4, -0.2) is 39.0 Å². The van der Waals surface area contributed by atoms with Gasteiger partial charge >= 0.3 is 0 Å². The highest BCUT2D eigenvalue weighted by Gasteiger charge is 2.45. The average molecular weight is 901 g/mol. The van der Waals surface area contributed by atoms with Gasteiger partial charge in [0.15, 0.2) is 13.1 Å². The van der Waals surface area contributed by atoms with Gasteiger partial charge in [0.05, 0.1) is 43.9 Å². The number of rotatable bonds is 9. The number of anilines is 1. The van der Waals surface area contributed by atoms with Crippen molar-refractivity contribution < 1.29 is 45.3 Å². The Kier molecular flexibility index (Phi) is 9.64. The highest BCUT2D eigenvalue weighted by molar-refractivity contribution is 7.94. The zero-order valence-electron chi connectivity index (χ0n) is 34.8. The van der Waals surface area contributed by atoms with E-state index in [9.17, 15) is 31.2 Å². The van der Waals surface area contributed by atoms with Crippen molar-refractivity contribution in [2.75, 3.05) is 18.0 Å². The van der Waals surface area contributed by atoms with E-state index < -0.39 is 31.1 Å². The highest BCUT2D eigenvalue weighted by Crippen LogP contribution is 2.55. The van der Waals surface area contributed by atoms with Crippen LogP contribution in [0.15, 0.2) is 112 Å². The van der Waals surface area contributed by atoms with Crippen molar-refractivity contribution in [3.8, 4) is 11.5 Å². The maximum atomic E-state index is 12.6. The first kappa shape index (κ1) is 41.6. The molecule has 0 aromatic heterocycles. The minimum absolute atomic E-state index is 0.298. The molecule has 15 heteroatoms. The maximum absolute atomic E-state index is 12.6. The minimum atomic E-state index is -4.79. The van der Waals surface area contributed by atoms with Gasteiger partial charge in [-0.3, -0.25) is 5.04 Å². The summed E-state index contributed by atoms with van der Waals surface area (Å²) in [5, 5.41) is 20.9. The number of ether oxygens (including phenoxy) is 1. The van der Waals surface area contributed by atoms with Gasteiger partial charge in [0.2, 0.25) is 5.36 Å². The molecule has 7 aromatic rings. The molecule has 0 atom stereocenters. The standard InChI is InChI=1S/C48H42N2O10S3/c1-27-6-8-28(9-7-27)23-50-26-48(4,5)42-44(50)38-21-34(63(55,56)57)16-17-35(38)39-22-40-36-19-30-12-13-32(61-60-59-51)18-31(30)20-37(36)43-41(46(40)58-45(39)42)47(2,3)25-49(43)24-29-10-14-33(15-11-29)62(52,53)54/h6-22H,23-26H2,1-5H3,(H2-,51,52,53,54,55,56,57)/p-2. The van der Waals surface area contributed by atoms with E-state index in [1.54, 1.807) is 18.2 Å². The largest absolute Gasteiger partial charge is 0.744 e. The first-order valence-corrected chi connectivity index (χ1v) is 23.8. The third-order valence-electron chi connectivity index (χ3n) is 12.6. The molecule has 10 rings (SSSR count). The van der Waals surface area contributed by atoms with Gasteiger partial charge < -0.3 is 24.0 Å². The molecule has 7 aromatic carbocycles. The van der Waals surface area contributed by atoms with Gasteiger partial charge in [-0.05, 0) is 102 Å². The van der Waals surface area contributed by atoms with E-state index in [4.69, 9.17) is 4.74 Å². The number of fused-ring (bicyclic) bond motifs is 13. The number of hydrogen-bond acceptors (Lipinski definition) is 12. The van der Waals surface area contributed by atoms with E-state index in [0.29, 0.717) is 48.0 Å². The van der Waals surface area contributed by atoms with Crippen LogP contribution in [0.3, 0.4) is 0 Å². The molecule has 3 aliphatic rings. The molecule has 0 saturated carbocycles. The third kappa shape index (κ3) is 7.07. The second-order valence-electron chi connectivity index (χ2n) is 18.0. The van der Waals surface area contributed by atoms with Crippen LogP contribution in [0.4, 0.5) is 5.69 Å². The monoisotopic (exact) mass is 900 g/mol. The lowest BCUT2D eigenvalue weighted by molar-refractivity contribution is -0.777. The fourth-order valence-corrected chi connectivity index (χ4v) is 11.4. The number of nitrogens with zero attached hydrogens (tertiary/aromatic N) is 2. The quantitative estimate of drug-likeness (QED) is 0.0375. The Bertz CT molecular complexity index is 3480. The Morgan fingerprint density at radius 1 is 0.730 bits per heavy atom. The summed E-state index contributed by atoms with van der Waals surface area (Å²) < 4.78 is 87.5. The Hall–Kier alpha value is -5.36. The second-order valence-corrected chi connectivity index (χ2v) is 21.6. The average Bonchev–Trinajstić information content (AvgIpc) is 3.66. The van der Waals surface area contributed by atoms with Gasteiger partial charge in [0.1, 0.15) is 31.7 Å². The van der Waals surface area contributed by atoms with Crippen LogP contribution in [-0.2, 0) is 53.5 Å². The van der Waals surface area contributed by atoms with Crippen LogP contribution < -0.4 is 30.0 Å². The van der Waals surface area contributed by atoms with Crippen molar-refractivity contribution in [3.63, 3.8) is 0 Å². The van der Waals surface area contributed by atoms with Crippen LogP contribution in [0.5, 0.6) is 11.5 Å². The lowest BCUT2D eigenvalue weighted by atomic mass is 9.80. The summed E-state index contributed by atoms with van der Waals surface area (Å²) in [6.07, 6.45) is 2.14. The van der Waals surface area contributed by atoms with Gasteiger partial charge in [-0.1, -0.05) is 67.9 Å². The van der Waals surface area contributed by atoms with Gasteiger partial charge in [-0.15, -0.1) is 0 Å². The van der Waals surface area contributed by atoms with Crippen LogP contribution >= 0.6 is 12.0 Å². The second kappa shape index (κ2) is 14.6. The smallest absolute Gasteiger partial charge is 0.216 e. The molecule has 3 heterocycles. The molecule has 0 spiro atoms. The van der Waals surface area contributed by atoms with E-state index in [2.05, 4.69) is 89.0 Å². The van der Waals surface area contributed by atoms with Gasteiger partial charge in [-0.25, -0.2) is 21.4 Å². The lowest BCUT2D eigenvalue weighted by Crippen LogP contribution is -2.30.